The molecule has 1 aliphatic heterocycles. The average molecular weight is 635 g/mol. The second kappa shape index (κ2) is 13.7. The fourth-order valence-electron chi connectivity index (χ4n) is 4.45. The van der Waals surface area contributed by atoms with Crippen molar-refractivity contribution in [3.63, 3.8) is 0 Å². The summed E-state index contributed by atoms with van der Waals surface area (Å²) in [6.07, 6.45) is 10.5. The third-order valence-electron chi connectivity index (χ3n) is 8.19. The Morgan fingerprint density at radius 3 is 2.39 bits per heavy atom. The summed E-state index contributed by atoms with van der Waals surface area (Å²) in [7, 11) is 1.56. The largest absolute Gasteiger partial charge is 0.394 e. The van der Waals surface area contributed by atoms with Gasteiger partial charge in [-0.15, -0.1) is 11.8 Å². The van der Waals surface area contributed by atoms with Crippen LogP contribution in [0.3, 0.4) is 0 Å². The van der Waals surface area contributed by atoms with E-state index in [2.05, 4.69) is 60.1 Å². The van der Waals surface area contributed by atoms with Crippen LogP contribution in [0, 0.1) is 13.8 Å². The monoisotopic (exact) mass is 634 g/mol. The fourth-order valence-corrected chi connectivity index (χ4v) is 5.90. The van der Waals surface area contributed by atoms with Crippen LogP contribution in [-0.4, -0.2) is 72.7 Å². The molecule has 0 aliphatic carbocycles. The van der Waals surface area contributed by atoms with Gasteiger partial charge < -0.3 is 15.7 Å². The quantitative estimate of drug-likeness (QED) is 0.221. The number of benzene rings is 1. The van der Waals surface area contributed by atoms with Crippen molar-refractivity contribution < 1.29 is 9.90 Å². The number of thioether (sulfide) groups is 1. The number of carbonyl (C=O) groups excluding carboxylic acids is 1. The summed E-state index contributed by atoms with van der Waals surface area (Å²) >= 11 is 1.76. The van der Waals surface area contributed by atoms with Crippen molar-refractivity contribution in [2.75, 3.05) is 41.8 Å². The van der Waals surface area contributed by atoms with E-state index in [1.807, 2.05) is 68.0 Å². The van der Waals surface area contributed by atoms with Crippen LogP contribution in [0.5, 0.6) is 0 Å². The molecule has 1 aromatic carbocycles. The minimum absolute atomic E-state index is 0.0229. The molecule has 236 valence electrons. The van der Waals surface area contributed by atoms with Gasteiger partial charge >= 0.3 is 0 Å². The van der Waals surface area contributed by atoms with Crippen molar-refractivity contribution in [3.8, 4) is 11.4 Å². The molecule has 4 heterocycles. The van der Waals surface area contributed by atoms with E-state index < -0.39 is 0 Å². The summed E-state index contributed by atoms with van der Waals surface area (Å²) in [5.41, 5.74) is 6.79. The van der Waals surface area contributed by atoms with E-state index in [0.29, 0.717) is 16.0 Å². The summed E-state index contributed by atoms with van der Waals surface area (Å²) in [5.74, 6) is 1.42. The smallest absolute Gasteiger partial charge is 0.255 e. The minimum Gasteiger partial charge on any atom is -0.394 e. The number of aryl methyl sites for hydroxylation is 3. The van der Waals surface area contributed by atoms with Crippen molar-refractivity contribution in [2.24, 2.45) is 7.05 Å². The molecule has 3 N–H and O–H groups in total. The van der Waals surface area contributed by atoms with E-state index in [0.717, 1.165) is 45.3 Å². The number of carbonyl (C=O) groups is 1. The van der Waals surface area contributed by atoms with Crippen LogP contribution in [0.4, 0.5) is 11.5 Å². The zero-order chi connectivity index (χ0) is 32.2. The summed E-state index contributed by atoms with van der Waals surface area (Å²) in [5, 5.41) is 21.1. The summed E-state index contributed by atoms with van der Waals surface area (Å²) in [6, 6.07) is 15.2. The van der Waals surface area contributed by atoms with E-state index in [9.17, 15) is 9.90 Å². The predicted octanol–water partition coefficient (Wildman–Crippen LogP) is 6.83. The highest BCUT2D eigenvalue weighted by molar-refractivity contribution is 8.33. The molecule has 0 radical (unpaired) electrons. The second-order valence-electron chi connectivity index (χ2n) is 12.8. The number of nitrogens with one attached hydrogen (secondary N) is 2. The lowest BCUT2D eigenvalue weighted by Crippen LogP contribution is -2.26. The van der Waals surface area contributed by atoms with Gasteiger partial charge in [-0.1, -0.05) is 32.9 Å². The van der Waals surface area contributed by atoms with Gasteiger partial charge in [0, 0.05) is 36.3 Å². The molecule has 10 heteroatoms. The fraction of sp³-hybridized carbons (Fsp3) is 0.412. The maximum absolute atomic E-state index is 13.0. The van der Waals surface area contributed by atoms with Gasteiger partial charge in [0.15, 0.2) is 0 Å². The Labute approximate surface area is 267 Å². The third kappa shape index (κ3) is 7.65. The Bertz CT molecular complexity index is 1580. The summed E-state index contributed by atoms with van der Waals surface area (Å²) in [6.45, 7) is 10.8. The van der Waals surface area contributed by atoms with Crippen LogP contribution in [0.25, 0.3) is 11.4 Å². The topological polar surface area (TPSA) is 105 Å². The summed E-state index contributed by atoms with van der Waals surface area (Å²) < 4.78 is 2.35. The lowest BCUT2D eigenvalue weighted by molar-refractivity contribution is 0.102. The first-order chi connectivity index (χ1) is 20.7. The number of rotatable bonds is 5. The summed E-state index contributed by atoms with van der Waals surface area (Å²) in [4.78, 5) is 21.8. The maximum Gasteiger partial charge on any atom is 0.255 e. The van der Waals surface area contributed by atoms with Crippen LogP contribution < -0.4 is 10.6 Å². The number of nitrogens with zero attached hydrogens (tertiary/aromatic N) is 4. The molecule has 0 saturated carbocycles. The van der Waals surface area contributed by atoms with E-state index in [1.54, 1.807) is 30.2 Å². The first-order valence-corrected chi connectivity index (χ1v) is 18.6. The van der Waals surface area contributed by atoms with E-state index >= 15 is 0 Å². The van der Waals surface area contributed by atoms with Gasteiger partial charge in [-0.3, -0.25) is 19.4 Å². The van der Waals surface area contributed by atoms with E-state index in [1.165, 1.54) is 0 Å². The molecule has 3 aromatic heterocycles. The molecule has 8 nitrogen and oxygen atoms in total. The number of aromatic nitrogens is 4. The number of anilines is 2. The maximum atomic E-state index is 13.0. The highest BCUT2D eigenvalue weighted by atomic mass is 32.3. The molecule has 5 rings (SSSR count). The molecule has 0 saturated heterocycles. The van der Waals surface area contributed by atoms with Crippen LogP contribution in [0.1, 0.15) is 58.8 Å². The van der Waals surface area contributed by atoms with Crippen molar-refractivity contribution in [2.45, 2.75) is 50.7 Å². The van der Waals surface area contributed by atoms with Crippen LogP contribution in [-0.2, 0) is 7.05 Å². The van der Waals surface area contributed by atoms with Crippen molar-refractivity contribution in [1.82, 2.24) is 19.7 Å². The van der Waals surface area contributed by atoms with E-state index in [-0.39, 0.29) is 33.8 Å². The molecule has 4 aromatic rings. The number of aliphatic hydroxyl groups excluding tert-OH is 1. The molecular weight excluding hydrogens is 589 g/mol. The Balaban J connectivity index is 0.000000488. The van der Waals surface area contributed by atoms with Crippen LogP contribution in [0.15, 0.2) is 60.9 Å². The predicted molar refractivity (Wildman–Crippen MR) is 188 cm³/mol. The molecule has 44 heavy (non-hydrogen) atoms. The number of pyridine rings is 2. The Morgan fingerprint density at radius 2 is 1.80 bits per heavy atom. The van der Waals surface area contributed by atoms with Gasteiger partial charge in [-0.05, 0) is 84.9 Å². The normalized spacial score (nSPS) is 17.0. The van der Waals surface area contributed by atoms with Crippen LogP contribution >= 0.6 is 21.8 Å². The molecule has 1 aliphatic rings. The highest BCUT2D eigenvalue weighted by Gasteiger charge is 2.33. The molecular formula is C34H46N6O2S2. The van der Waals surface area contributed by atoms with Gasteiger partial charge in [0.05, 0.1) is 35.0 Å². The Kier molecular flexibility index (Phi) is 10.5. The van der Waals surface area contributed by atoms with Gasteiger partial charge in [0.1, 0.15) is 11.5 Å². The molecule has 1 amide bonds. The number of aliphatic hydroxyl groups is 1. The van der Waals surface area contributed by atoms with Gasteiger partial charge in [0.25, 0.3) is 5.91 Å². The van der Waals surface area contributed by atoms with E-state index in [4.69, 9.17) is 5.10 Å². The van der Waals surface area contributed by atoms with Crippen LogP contribution in [0.2, 0.25) is 0 Å². The molecule has 0 bridgehead atoms. The minimum atomic E-state index is -0.340. The number of hydrogen-bond acceptors (Lipinski definition) is 7. The molecule has 1 unspecified atom stereocenters. The van der Waals surface area contributed by atoms with Crippen molar-refractivity contribution in [3.05, 3.63) is 88.9 Å². The first kappa shape index (κ1) is 33.6. The lowest BCUT2D eigenvalue weighted by atomic mass is 9.96. The molecule has 0 spiro atoms. The van der Waals surface area contributed by atoms with Gasteiger partial charge in [0.2, 0.25) is 0 Å². The van der Waals surface area contributed by atoms with Crippen molar-refractivity contribution >= 4 is 39.2 Å². The number of amides is 1. The van der Waals surface area contributed by atoms with Gasteiger partial charge in [-0.25, -0.2) is 10.0 Å². The highest BCUT2D eigenvalue weighted by Crippen LogP contribution is 2.49. The lowest BCUT2D eigenvalue weighted by Gasteiger charge is -2.40. The number of hydrogen-bond donors (Lipinski definition) is 3. The zero-order valence-corrected chi connectivity index (χ0v) is 28.9. The Morgan fingerprint density at radius 1 is 1.09 bits per heavy atom. The van der Waals surface area contributed by atoms with Gasteiger partial charge in [-0.2, -0.15) is 5.10 Å². The standard InChI is InChI=1S/C27H28N6O2S.C7H18S/c1-16-13-18(27(35)31-21-8-6-12-28-17(21)2)9-10-20(16)25-23-24(22-7-4-5-11-29-22)32-33(3)26(23)30-19(14-34)15-36-25;1-7(2,3)8(4,5)6/h4-13,19,25,30,34H,14-15H2,1-3H3,(H,31,35);1-6H3/t19?,25-;/m0./s1. The second-order valence-corrected chi connectivity index (χ2v) is 18.8. The molecule has 2 atom stereocenters. The average Bonchev–Trinajstić information content (AvgIpc) is 3.16. The molecule has 0 fully saturated rings. The third-order valence-corrected chi connectivity index (χ3v) is 13.3. The zero-order valence-electron chi connectivity index (χ0n) is 27.3. The number of fused-ring (bicyclic) bond motifs is 1. The first-order valence-electron chi connectivity index (χ1n) is 14.7. The Hall–Kier alpha value is -3.34. The van der Waals surface area contributed by atoms with Crippen molar-refractivity contribution in [1.29, 1.82) is 0 Å². The SMILES string of the molecule is CC(C)(C)S(C)(C)C.Cc1cc(C(=O)Nc2cccnc2C)ccc1[C@@H]1SCC(CO)Nc2c1c(-c1ccccn1)nn2C.